The second-order valence-electron chi connectivity index (χ2n) is 7.05. The van der Waals surface area contributed by atoms with Crippen LogP contribution in [0.3, 0.4) is 0 Å². The summed E-state index contributed by atoms with van der Waals surface area (Å²) < 4.78 is 2.45. The van der Waals surface area contributed by atoms with Crippen LogP contribution >= 0.6 is 11.3 Å². The minimum absolute atomic E-state index is 1.05. The van der Waals surface area contributed by atoms with E-state index in [1.165, 1.54) is 43.7 Å². The number of likely N-dealkylation sites (N-methyl/N-ethyl adjacent to an activating group) is 1. The number of allylic oxidation sites excluding steroid dienone is 1. The van der Waals surface area contributed by atoms with E-state index in [0.717, 1.165) is 19.5 Å². The molecule has 124 valence electrons. The van der Waals surface area contributed by atoms with Gasteiger partial charge in [-0.25, -0.2) is 0 Å². The topological polar surface area (TPSA) is 8.17 Å². The van der Waals surface area contributed by atoms with Gasteiger partial charge >= 0.3 is 0 Å². The van der Waals surface area contributed by atoms with Crippen molar-refractivity contribution in [3.05, 3.63) is 56.9 Å². The van der Waals surface area contributed by atoms with E-state index >= 15 is 0 Å². The van der Waals surface area contributed by atoms with Crippen LogP contribution < -0.4 is 0 Å². The average Bonchev–Trinajstić information content (AvgIpc) is 3.10. The van der Waals surface area contributed by atoms with Crippen LogP contribution in [0.1, 0.15) is 34.2 Å². The summed E-state index contributed by atoms with van der Waals surface area (Å²) in [5, 5.41) is 3.60. The Morgan fingerprint density at radius 3 is 2.79 bits per heavy atom. The number of fused-ring (bicyclic) bond motifs is 3. The zero-order chi connectivity index (χ0) is 16.8. The first-order chi connectivity index (χ1) is 11.5. The van der Waals surface area contributed by atoms with E-state index in [-0.39, 0.29) is 0 Å². The van der Waals surface area contributed by atoms with Crippen molar-refractivity contribution in [3.63, 3.8) is 0 Å². The lowest BCUT2D eigenvalue weighted by molar-refractivity contribution is 0.312. The van der Waals surface area contributed by atoms with Gasteiger partial charge in [-0.2, -0.15) is 0 Å². The number of benzene rings is 1. The van der Waals surface area contributed by atoms with Crippen LogP contribution in [0.5, 0.6) is 0 Å². The van der Waals surface area contributed by atoms with Gasteiger partial charge in [-0.1, -0.05) is 11.6 Å². The summed E-state index contributed by atoms with van der Waals surface area (Å²) in [5.41, 5.74) is 8.40. The van der Waals surface area contributed by atoms with Crippen molar-refractivity contribution in [3.8, 4) is 0 Å². The smallest absolute Gasteiger partial charge is 0.0529 e. The lowest BCUT2D eigenvalue weighted by Crippen LogP contribution is -2.26. The molecule has 0 bridgehead atoms. The maximum absolute atomic E-state index is 2.45. The SMILES string of the molecule is C/C(=C/n1c2c(c3cc(C)ccc31)CN(C)CC2)c1sccc1C. The molecule has 3 heteroatoms. The molecule has 1 aliphatic heterocycles. The third-order valence-corrected chi connectivity index (χ3v) is 6.23. The van der Waals surface area contributed by atoms with Gasteiger partial charge < -0.3 is 9.47 Å². The van der Waals surface area contributed by atoms with Gasteiger partial charge in [0.1, 0.15) is 0 Å². The zero-order valence-electron chi connectivity index (χ0n) is 14.9. The Balaban J connectivity index is 1.94. The minimum Gasteiger partial charge on any atom is -0.320 e. The summed E-state index contributed by atoms with van der Waals surface area (Å²) in [7, 11) is 2.22. The molecule has 0 radical (unpaired) electrons. The van der Waals surface area contributed by atoms with E-state index in [4.69, 9.17) is 0 Å². The molecule has 1 aromatic carbocycles. The van der Waals surface area contributed by atoms with Gasteiger partial charge in [-0.15, -0.1) is 11.3 Å². The standard InChI is InChI=1S/C21H24N2S/c1-14-5-6-19-17(11-14)18-13-22(4)9-7-20(18)23(19)12-16(3)21-15(2)8-10-24-21/h5-6,8,10-12H,7,9,13H2,1-4H3/b16-12-. The zero-order valence-corrected chi connectivity index (χ0v) is 15.7. The highest BCUT2D eigenvalue weighted by Crippen LogP contribution is 2.33. The van der Waals surface area contributed by atoms with E-state index in [0.29, 0.717) is 0 Å². The molecule has 0 unspecified atom stereocenters. The monoisotopic (exact) mass is 336 g/mol. The molecule has 24 heavy (non-hydrogen) atoms. The lowest BCUT2D eigenvalue weighted by atomic mass is 10.0. The number of nitrogens with zero attached hydrogens (tertiary/aromatic N) is 2. The minimum atomic E-state index is 1.05. The fourth-order valence-electron chi connectivity index (χ4n) is 3.82. The quantitative estimate of drug-likeness (QED) is 0.614. The van der Waals surface area contributed by atoms with E-state index in [1.807, 2.05) is 11.3 Å². The van der Waals surface area contributed by atoms with E-state index in [9.17, 15) is 0 Å². The fourth-order valence-corrected chi connectivity index (χ4v) is 4.72. The Labute approximate surface area is 148 Å². The van der Waals surface area contributed by atoms with Crippen molar-refractivity contribution in [1.82, 2.24) is 9.47 Å². The van der Waals surface area contributed by atoms with Crippen LogP contribution in [-0.4, -0.2) is 23.1 Å². The van der Waals surface area contributed by atoms with Crippen LogP contribution in [0.4, 0.5) is 0 Å². The van der Waals surface area contributed by atoms with Gasteiger partial charge in [0, 0.05) is 41.7 Å². The lowest BCUT2D eigenvalue weighted by Gasteiger charge is -2.23. The van der Waals surface area contributed by atoms with Crippen molar-refractivity contribution in [2.45, 2.75) is 33.7 Å². The molecule has 3 aromatic rings. The number of hydrogen-bond donors (Lipinski definition) is 0. The number of hydrogen-bond acceptors (Lipinski definition) is 2. The molecule has 3 heterocycles. The Morgan fingerprint density at radius 2 is 2.04 bits per heavy atom. The molecule has 4 rings (SSSR count). The van der Waals surface area contributed by atoms with Gasteiger partial charge in [0.2, 0.25) is 0 Å². The molecule has 0 fully saturated rings. The normalized spacial score (nSPS) is 15.9. The van der Waals surface area contributed by atoms with Crippen molar-refractivity contribution in [2.75, 3.05) is 13.6 Å². The number of rotatable bonds is 2. The molecule has 0 saturated heterocycles. The van der Waals surface area contributed by atoms with Crippen LogP contribution in [0, 0.1) is 13.8 Å². The van der Waals surface area contributed by atoms with Crippen molar-refractivity contribution < 1.29 is 0 Å². The first-order valence-electron chi connectivity index (χ1n) is 8.58. The highest BCUT2D eigenvalue weighted by Gasteiger charge is 2.22. The van der Waals surface area contributed by atoms with Crippen LogP contribution in [0.15, 0.2) is 29.6 Å². The molecular formula is C21H24N2S. The maximum atomic E-state index is 2.45. The Kier molecular flexibility index (Phi) is 3.86. The Hall–Kier alpha value is -1.84. The van der Waals surface area contributed by atoms with Crippen LogP contribution in [0.25, 0.3) is 22.7 Å². The van der Waals surface area contributed by atoms with Gasteiger partial charge in [0.15, 0.2) is 0 Å². The van der Waals surface area contributed by atoms with Crippen molar-refractivity contribution in [1.29, 1.82) is 0 Å². The highest BCUT2D eigenvalue weighted by molar-refractivity contribution is 7.11. The maximum Gasteiger partial charge on any atom is 0.0529 e. The first-order valence-corrected chi connectivity index (χ1v) is 9.46. The molecular weight excluding hydrogens is 312 g/mol. The molecule has 0 atom stereocenters. The molecule has 0 amide bonds. The number of thiophene rings is 1. The summed E-state index contributed by atoms with van der Waals surface area (Å²) in [4.78, 5) is 3.82. The van der Waals surface area contributed by atoms with Gasteiger partial charge in [-0.3, -0.25) is 0 Å². The third-order valence-electron chi connectivity index (χ3n) is 5.08. The molecule has 0 N–H and O–H groups in total. The second-order valence-corrected chi connectivity index (χ2v) is 7.96. The average molecular weight is 337 g/mol. The van der Waals surface area contributed by atoms with Gasteiger partial charge in [0.25, 0.3) is 0 Å². The highest BCUT2D eigenvalue weighted by atomic mass is 32.1. The van der Waals surface area contributed by atoms with Gasteiger partial charge in [-0.05, 0) is 68.1 Å². The summed E-state index contributed by atoms with van der Waals surface area (Å²) in [5.74, 6) is 0. The molecule has 0 aliphatic carbocycles. The van der Waals surface area contributed by atoms with Crippen LogP contribution in [0.2, 0.25) is 0 Å². The largest absolute Gasteiger partial charge is 0.320 e. The predicted molar refractivity (Wildman–Crippen MR) is 106 cm³/mol. The molecule has 2 nitrogen and oxygen atoms in total. The van der Waals surface area contributed by atoms with E-state index < -0.39 is 0 Å². The van der Waals surface area contributed by atoms with Gasteiger partial charge in [0.05, 0.1) is 5.52 Å². The first kappa shape index (κ1) is 15.7. The summed E-state index contributed by atoms with van der Waals surface area (Å²) in [6, 6.07) is 9.07. The number of aryl methyl sites for hydroxylation is 2. The van der Waals surface area contributed by atoms with E-state index in [1.54, 1.807) is 0 Å². The molecule has 0 spiro atoms. The van der Waals surface area contributed by atoms with Crippen molar-refractivity contribution >= 4 is 34.0 Å². The third kappa shape index (κ3) is 2.52. The summed E-state index contributed by atoms with van der Waals surface area (Å²) >= 11 is 1.84. The number of aromatic nitrogens is 1. The molecule has 0 saturated carbocycles. The summed E-state index contributed by atoms with van der Waals surface area (Å²) in [6.45, 7) is 8.80. The summed E-state index contributed by atoms with van der Waals surface area (Å²) in [6.07, 6.45) is 3.47. The van der Waals surface area contributed by atoms with Crippen molar-refractivity contribution in [2.24, 2.45) is 0 Å². The van der Waals surface area contributed by atoms with Crippen LogP contribution in [-0.2, 0) is 13.0 Å². The Bertz CT molecular complexity index is 942. The predicted octanol–water partition coefficient (Wildman–Crippen LogP) is 5.33. The molecule has 1 aliphatic rings. The fraction of sp³-hybridized carbons (Fsp3) is 0.333. The Morgan fingerprint density at radius 1 is 1.21 bits per heavy atom. The van der Waals surface area contributed by atoms with E-state index in [2.05, 4.69) is 73.1 Å². The second kappa shape index (κ2) is 5.91. The molecule has 2 aromatic heterocycles.